The fourth-order valence-electron chi connectivity index (χ4n) is 2.20. The van der Waals surface area contributed by atoms with Crippen LogP contribution in [-0.4, -0.2) is 12.0 Å². The highest BCUT2D eigenvalue weighted by molar-refractivity contribution is 7.98. The predicted octanol–water partition coefficient (Wildman–Crippen LogP) is 5.52. The van der Waals surface area contributed by atoms with Gasteiger partial charge in [0.05, 0.1) is 0 Å². The number of thioether (sulfide) groups is 1. The standard InChI is InChI=1S/C14H30S/c1-5-7-9-10-12-14(3,13-15-4)11-8-6-2/h5-13H2,1-4H3. The van der Waals surface area contributed by atoms with E-state index >= 15 is 0 Å². The van der Waals surface area contributed by atoms with Crippen molar-refractivity contribution in [2.24, 2.45) is 5.41 Å². The Bertz CT molecular complexity index is 133. The molecular weight excluding hydrogens is 200 g/mol. The fraction of sp³-hybridized carbons (Fsp3) is 1.00. The van der Waals surface area contributed by atoms with Gasteiger partial charge in [-0.25, -0.2) is 0 Å². The van der Waals surface area contributed by atoms with E-state index < -0.39 is 0 Å². The largest absolute Gasteiger partial charge is 0.165 e. The van der Waals surface area contributed by atoms with Gasteiger partial charge in [-0.3, -0.25) is 0 Å². The molecule has 0 aromatic rings. The minimum Gasteiger partial charge on any atom is -0.165 e. The van der Waals surface area contributed by atoms with E-state index in [2.05, 4.69) is 27.0 Å². The lowest BCUT2D eigenvalue weighted by Gasteiger charge is -2.29. The molecular formula is C14H30S. The van der Waals surface area contributed by atoms with Crippen molar-refractivity contribution >= 4 is 11.8 Å². The van der Waals surface area contributed by atoms with Gasteiger partial charge in [-0.15, -0.1) is 0 Å². The Morgan fingerprint density at radius 3 is 2.00 bits per heavy atom. The summed E-state index contributed by atoms with van der Waals surface area (Å²) in [5.41, 5.74) is 0.614. The Balaban J connectivity index is 3.78. The van der Waals surface area contributed by atoms with Gasteiger partial charge in [0.1, 0.15) is 0 Å². The minimum atomic E-state index is 0.614. The number of rotatable bonds is 10. The molecule has 1 unspecified atom stereocenters. The first-order valence-corrected chi connectivity index (χ1v) is 8.07. The van der Waals surface area contributed by atoms with Crippen molar-refractivity contribution < 1.29 is 0 Å². The molecule has 0 fully saturated rings. The molecule has 0 spiro atoms. The molecule has 1 heteroatoms. The Hall–Kier alpha value is 0.350. The zero-order chi connectivity index (χ0) is 11.6. The summed E-state index contributed by atoms with van der Waals surface area (Å²) in [7, 11) is 0. The van der Waals surface area contributed by atoms with E-state index in [1.807, 2.05) is 11.8 Å². The van der Waals surface area contributed by atoms with Gasteiger partial charge in [0.25, 0.3) is 0 Å². The third-order valence-corrected chi connectivity index (χ3v) is 4.25. The zero-order valence-electron chi connectivity index (χ0n) is 11.3. The normalized spacial score (nSPS) is 15.2. The molecule has 0 radical (unpaired) electrons. The maximum absolute atomic E-state index is 2.49. The van der Waals surface area contributed by atoms with Gasteiger partial charge >= 0.3 is 0 Å². The van der Waals surface area contributed by atoms with E-state index in [0.29, 0.717) is 5.41 Å². The van der Waals surface area contributed by atoms with Crippen LogP contribution in [0.15, 0.2) is 0 Å². The van der Waals surface area contributed by atoms with E-state index in [9.17, 15) is 0 Å². The highest BCUT2D eigenvalue weighted by atomic mass is 32.2. The third-order valence-electron chi connectivity index (χ3n) is 3.26. The first kappa shape index (κ1) is 15.3. The highest BCUT2D eigenvalue weighted by Crippen LogP contribution is 2.33. The number of unbranched alkanes of at least 4 members (excludes halogenated alkanes) is 4. The second-order valence-electron chi connectivity index (χ2n) is 5.16. The first-order valence-electron chi connectivity index (χ1n) is 6.67. The van der Waals surface area contributed by atoms with E-state index in [-0.39, 0.29) is 0 Å². The molecule has 0 saturated carbocycles. The smallest absolute Gasteiger partial charge is 0.00162 e. The van der Waals surface area contributed by atoms with Crippen LogP contribution in [0.3, 0.4) is 0 Å². The molecule has 92 valence electrons. The van der Waals surface area contributed by atoms with E-state index in [1.54, 1.807) is 0 Å². The van der Waals surface area contributed by atoms with Gasteiger partial charge < -0.3 is 0 Å². The van der Waals surface area contributed by atoms with Crippen molar-refractivity contribution in [3.05, 3.63) is 0 Å². The Labute approximate surface area is 102 Å². The van der Waals surface area contributed by atoms with Gasteiger partial charge in [-0.05, 0) is 30.3 Å². The fourth-order valence-corrected chi connectivity index (χ4v) is 3.19. The Morgan fingerprint density at radius 1 is 0.867 bits per heavy atom. The predicted molar refractivity (Wildman–Crippen MR) is 74.8 cm³/mol. The van der Waals surface area contributed by atoms with Crippen LogP contribution < -0.4 is 0 Å². The lowest BCUT2D eigenvalue weighted by molar-refractivity contribution is 0.293. The zero-order valence-corrected chi connectivity index (χ0v) is 12.1. The maximum Gasteiger partial charge on any atom is -0.00162 e. The van der Waals surface area contributed by atoms with Gasteiger partial charge in [-0.1, -0.05) is 59.3 Å². The molecule has 0 bridgehead atoms. The first-order chi connectivity index (χ1) is 7.18. The molecule has 0 amide bonds. The minimum absolute atomic E-state index is 0.614. The summed E-state index contributed by atoms with van der Waals surface area (Å²) in [5, 5.41) is 0. The summed E-state index contributed by atoms with van der Waals surface area (Å²) in [6, 6.07) is 0. The highest BCUT2D eigenvalue weighted by Gasteiger charge is 2.22. The number of hydrogen-bond acceptors (Lipinski definition) is 1. The monoisotopic (exact) mass is 230 g/mol. The molecule has 0 aliphatic rings. The van der Waals surface area contributed by atoms with Crippen molar-refractivity contribution in [2.75, 3.05) is 12.0 Å². The quantitative estimate of drug-likeness (QED) is 0.445. The van der Waals surface area contributed by atoms with Crippen LogP contribution in [0, 0.1) is 5.41 Å². The van der Waals surface area contributed by atoms with Crippen LogP contribution in [0.25, 0.3) is 0 Å². The number of hydrogen-bond donors (Lipinski definition) is 0. The van der Waals surface area contributed by atoms with Gasteiger partial charge in [0, 0.05) is 0 Å². The molecule has 1 atom stereocenters. The third kappa shape index (κ3) is 8.19. The molecule has 0 saturated heterocycles. The molecule has 0 rings (SSSR count). The Kier molecular flexibility index (Phi) is 9.79. The van der Waals surface area contributed by atoms with Crippen LogP contribution >= 0.6 is 11.8 Å². The van der Waals surface area contributed by atoms with Crippen LogP contribution in [0.2, 0.25) is 0 Å². The molecule has 0 aliphatic heterocycles. The summed E-state index contributed by atoms with van der Waals surface area (Å²) >= 11 is 2.02. The summed E-state index contributed by atoms with van der Waals surface area (Å²) in [6.45, 7) is 7.08. The SMILES string of the molecule is CCCCCCC(C)(CCCC)CSC. The van der Waals surface area contributed by atoms with E-state index in [0.717, 1.165) is 0 Å². The van der Waals surface area contributed by atoms with Crippen LogP contribution in [0.4, 0.5) is 0 Å². The topological polar surface area (TPSA) is 0 Å². The average Bonchev–Trinajstić information content (AvgIpc) is 2.22. The Morgan fingerprint density at radius 2 is 1.47 bits per heavy atom. The van der Waals surface area contributed by atoms with Gasteiger partial charge in [-0.2, -0.15) is 11.8 Å². The molecule has 0 heterocycles. The molecule has 0 aliphatic carbocycles. The van der Waals surface area contributed by atoms with Gasteiger partial charge in [0.15, 0.2) is 0 Å². The van der Waals surface area contributed by atoms with Gasteiger partial charge in [0.2, 0.25) is 0 Å². The van der Waals surface area contributed by atoms with Crippen LogP contribution in [0.1, 0.15) is 72.1 Å². The summed E-state index contributed by atoms with van der Waals surface area (Å²) in [4.78, 5) is 0. The second-order valence-corrected chi connectivity index (χ2v) is 6.02. The van der Waals surface area contributed by atoms with Crippen molar-refractivity contribution in [3.63, 3.8) is 0 Å². The molecule has 0 aromatic carbocycles. The van der Waals surface area contributed by atoms with Crippen molar-refractivity contribution in [1.82, 2.24) is 0 Å². The van der Waals surface area contributed by atoms with Crippen molar-refractivity contribution in [1.29, 1.82) is 0 Å². The summed E-state index contributed by atoms with van der Waals surface area (Å²) in [6.07, 6.45) is 13.5. The average molecular weight is 230 g/mol. The van der Waals surface area contributed by atoms with E-state index in [4.69, 9.17) is 0 Å². The lowest BCUT2D eigenvalue weighted by atomic mass is 9.82. The molecule has 0 nitrogen and oxygen atoms in total. The molecule has 0 N–H and O–H groups in total. The maximum atomic E-state index is 2.49. The van der Waals surface area contributed by atoms with Crippen LogP contribution in [-0.2, 0) is 0 Å². The van der Waals surface area contributed by atoms with Crippen molar-refractivity contribution in [3.8, 4) is 0 Å². The second kappa shape index (κ2) is 9.57. The summed E-state index contributed by atoms with van der Waals surface area (Å²) in [5.74, 6) is 1.35. The lowest BCUT2D eigenvalue weighted by Crippen LogP contribution is -2.19. The summed E-state index contributed by atoms with van der Waals surface area (Å²) < 4.78 is 0. The molecule has 0 aromatic heterocycles. The molecule has 15 heavy (non-hydrogen) atoms. The van der Waals surface area contributed by atoms with Crippen molar-refractivity contribution in [2.45, 2.75) is 72.1 Å². The van der Waals surface area contributed by atoms with Crippen LogP contribution in [0.5, 0.6) is 0 Å². The van der Waals surface area contributed by atoms with E-state index in [1.165, 1.54) is 57.1 Å².